The Hall–Kier alpha value is -2.57. The number of nitrogens with zero attached hydrogens (tertiary/aromatic N) is 2. The third-order valence-electron chi connectivity index (χ3n) is 5.70. The molecule has 1 aromatic carbocycles. The second kappa shape index (κ2) is 9.76. The Morgan fingerprint density at radius 1 is 1.14 bits per heavy atom. The monoisotopic (exact) mass is 402 g/mol. The van der Waals surface area contributed by atoms with Gasteiger partial charge < -0.3 is 19.3 Å². The van der Waals surface area contributed by atoms with Crippen LogP contribution in [0.25, 0.3) is 0 Å². The third-order valence-corrected chi connectivity index (χ3v) is 5.70. The molecule has 7 heteroatoms. The normalized spacial score (nSPS) is 16.3. The molecule has 29 heavy (non-hydrogen) atoms. The number of likely N-dealkylation sites (tertiary alicyclic amines) is 1. The van der Waals surface area contributed by atoms with Crippen molar-refractivity contribution in [2.45, 2.75) is 39.0 Å². The van der Waals surface area contributed by atoms with Gasteiger partial charge in [0.15, 0.2) is 6.61 Å². The average Bonchev–Trinajstić information content (AvgIpc) is 3.20. The van der Waals surface area contributed by atoms with Gasteiger partial charge in [-0.3, -0.25) is 14.4 Å². The predicted molar refractivity (Wildman–Crippen MR) is 108 cm³/mol. The molecule has 1 aliphatic carbocycles. The average molecular weight is 402 g/mol. The number of aryl methyl sites for hydroxylation is 2. The molecule has 3 rings (SSSR count). The van der Waals surface area contributed by atoms with Gasteiger partial charge in [0.25, 0.3) is 5.91 Å². The summed E-state index contributed by atoms with van der Waals surface area (Å²) in [7, 11) is 1.61. The Balaban J connectivity index is 1.41. The van der Waals surface area contributed by atoms with Crippen molar-refractivity contribution in [3.05, 3.63) is 29.3 Å². The van der Waals surface area contributed by atoms with E-state index in [0.717, 1.165) is 12.8 Å². The standard InChI is InChI=1S/C22H30N2O5/c1-3-28-22(27)17-9-11-24(12-10-17)20(25)14-23(2)21(26)15-29-19-8-7-16-5-4-6-18(16)13-19/h7-8,13,17H,3-6,9-12,14-15H2,1-2H3. The molecule has 2 amide bonds. The van der Waals surface area contributed by atoms with Crippen LogP contribution in [0.4, 0.5) is 0 Å². The predicted octanol–water partition coefficient (Wildman–Crippen LogP) is 1.81. The molecule has 0 unspecified atom stereocenters. The van der Waals surface area contributed by atoms with Crippen LogP contribution in [-0.2, 0) is 32.0 Å². The highest BCUT2D eigenvalue weighted by Gasteiger charge is 2.29. The van der Waals surface area contributed by atoms with Crippen molar-refractivity contribution < 1.29 is 23.9 Å². The SMILES string of the molecule is CCOC(=O)C1CCN(C(=O)CN(C)C(=O)COc2ccc3c(c2)CCC3)CC1. The quantitative estimate of drug-likeness (QED) is 0.650. The number of ether oxygens (including phenoxy) is 2. The summed E-state index contributed by atoms with van der Waals surface area (Å²) in [4.78, 5) is 39.7. The van der Waals surface area contributed by atoms with Gasteiger partial charge in [-0.05, 0) is 62.3 Å². The number of hydrogen-bond donors (Lipinski definition) is 0. The Morgan fingerprint density at radius 3 is 2.59 bits per heavy atom. The minimum absolute atomic E-state index is 0.0104. The zero-order valence-electron chi connectivity index (χ0n) is 17.3. The fourth-order valence-corrected chi connectivity index (χ4v) is 3.91. The molecule has 1 aromatic rings. The van der Waals surface area contributed by atoms with Crippen LogP contribution in [0.5, 0.6) is 5.75 Å². The van der Waals surface area contributed by atoms with Crippen molar-refractivity contribution in [1.82, 2.24) is 9.80 Å². The molecule has 7 nitrogen and oxygen atoms in total. The first-order chi connectivity index (χ1) is 14.0. The second-order valence-corrected chi connectivity index (χ2v) is 7.73. The van der Waals surface area contributed by atoms with Crippen molar-refractivity contribution in [2.75, 3.05) is 39.9 Å². The van der Waals surface area contributed by atoms with Crippen LogP contribution < -0.4 is 4.74 Å². The summed E-state index contributed by atoms with van der Waals surface area (Å²) in [6.07, 6.45) is 4.53. The first-order valence-electron chi connectivity index (χ1n) is 10.4. The van der Waals surface area contributed by atoms with Crippen LogP contribution >= 0.6 is 0 Å². The molecule has 0 spiro atoms. The maximum absolute atomic E-state index is 12.5. The smallest absolute Gasteiger partial charge is 0.309 e. The van der Waals surface area contributed by atoms with E-state index in [1.165, 1.54) is 22.4 Å². The lowest BCUT2D eigenvalue weighted by molar-refractivity contribution is -0.151. The van der Waals surface area contributed by atoms with Gasteiger partial charge in [-0.1, -0.05) is 6.07 Å². The van der Waals surface area contributed by atoms with Gasteiger partial charge >= 0.3 is 5.97 Å². The van der Waals surface area contributed by atoms with Crippen molar-refractivity contribution >= 4 is 17.8 Å². The van der Waals surface area contributed by atoms with E-state index >= 15 is 0 Å². The third kappa shape index (κ3) is 5.49. The summed E-state index contributed by atoms with van der Waals surface area (Å²) < 4.78 is 10.7. The summed E-state index contributed by atoms with van der Waals surface area (Å²) in [5, 5.41) is 0. The number of carbonyl (C=O) groups excluding carboxylic acids is 3. The fourth-order valence-electron chi connectivity index (χ4n) is 3.91. The maximum Gasteiger partial charge on any atom is 0.309 e. The Labute approximate surface area is 171 Å². The number of benzene rings is 1. The lowest BCUT2D eigenvalue weighted by Crippen LogP contribution is -2.46. The van der Waals surface area contributed by atoms with E-state index in [1.54, 1.807) is 18.9 Å². The molecule has 1 fully saturated rings. The van der Waals surface area contributed by atoms with Crippen LogP contribution in [0.15, 0.2) is 18.2 Å². The summed E-state index contributed by atoms with van der Waals surface area (Å²) in [5.74, 6) is 0.0235. The Kier molecular flexibility index (Phi) is 7.12. The fraction of sp³-hybridized carbons (Fsp3) is 0.591. The number of hydrogen-bond acceptors (Lipinski definition) is 5. The highest BCUT2D eigenvalue weighted by Crippen LogP contribution is 2.26. The summed E-state index contributed by atoms with van der Waals surface area (Å²) in [6, 6.07) is 5.97. The molecule has 2 aliphatic rings. The van der Waals surface area contributed by atoms with Gasteiger partial charge in [0.1, 0.15) is 5.75 Å². The molecule has 158 valence electrons. The van der Waals surface area contributed by atoms with Gasteiger partial charge in [0.05, 0.1) is 19.1 Å². The molecule has 0 radical (unpaired) electrons. The maximum atomic E-state index is 12.5. The lowest BCUT2D eigenvalue weighted by Gasteiger charge is -2.32. The lowest BCUT2D eigenvalue weighted by atomic mass is 9.97. The summed E-state index contributed by atoms with van der Waals surface area (Å²) >= 11 is 0. The molecular weight excluding hydrogens is 372 g/mol. The van der Waals surface area contributed by atoms with Gasteiger partial charge in [0.2, 0.25) is 5.91 Å². The zero-order valence-corrected chi connectivity index (χ0v) is 17.3. The number of fused-ring (bicyclic) bond motifs is 1. The molecule has 0 saturated carbocycles. The molecule has 0 aromatic heterocycles. The van der Waals surface area contributed by atoms with Gasteiger partial charge in [-0.25, -0.2) is 0 Å². The van der Waals surface area contributed by atoms with E-state index in [1.807, 2.05) is 12.1 Å². The van der Waals surface area contributed by atoms with Crippen molar-refractivity contribution in [2.24, 2.45) is 5.92 Å². The first-order valence-corrected chi connectivity index (χ1v) is 10.4. The van der Waals surface area contributed by atoms with Crippen LogP contribution in [0.2, 0.25) is 0 Å². The number of rotatable bonds is 7. The minimum Gasteiger partial charge on any atom is -0.484 e. The minimum atomic E-state index is -0.236. The zero-order chi connectivity index (χ0) is 20.8. The number of piperidine rings is 1. The molecule has 1 saturated heterocycles. The molecule has 0 atom stereocenters. The number of amides is 2. The van der Waals surface area contributed by atoms with E-state index < -0.39 is 0 Å². The molecule has 0 bridgehead atoms. The van der Waals surface area contributed by atoms with Crippen LogP contribution in [-0.4, -0.2) is 67.5 Å². The van der Waals surface area contributed by atoms with Crippen molar-refractivity contribution in [3.63, 3.8) is 0 Å². The van der Waals surface area contributed by atoms with Crippen LogP contribution in [0.3, 0.4) is 0 Å². The highest BCUT2D eigenvalue weighted by atomic mass is 16.5. The van der Waals surface area contributed by atoms with E-state index in [-0.39, 0.29) is 36.9 Å². The summed E-state index contributed by atoms with van der Waals surface area (Å²) in [5.41, 5.74) is 2.66. The van der Waals surface area contributed by atoms with Gasteiger partial charge in [0, 0.05) is 20.1 Å². The second-order valence-electron chi connectivity index (χ2n) is 7.73. The van der Waals surface area contributed by atoms with E-state index in [4.69, 9.17) is 9.47 Å². The number of likely N-dealkylation sites (N-methyl/N-ethyl adjacent to an activating group) is 1. The number of carbonyl (C=O) groups is 3. The van der Waals surface area contributed by atoms with Crippen LogP contribution in [0.1, 0.15) is 37.3 Å². The Morgan fingerprint density at radius 2 is 1.86 bits per heavy atom. The summed E-state index contributed by atoms with van der Waals surface area (Å²) in [6.45, 7) is 3.10. The van der Waals surface area contributed by atoms with E-state index in [9.17, 15) is 14.4 Å². The van der Waals surface area contributed by atoms with Gasteiger partial charge in [-0.15, -0.1) is 0 Å². The first kappa shape index (κ1) is 21.1. The molecular formula is C22H30N2O5. The molecule has 1 heterocycles. The topological polar surface area (TPSA) is 76.2 Å². The van der Waals surface area contributed by atoms with Crippen LogP contribution in [0, 0.1) is 5.92 Å². The van der Waals surface area contributed by atoms with Gasteiger partial charge in [-0.2, -0.15) is 0 Å². The Bertz CT molecular complexity index is 756. The highest BCUT2D eigenvalue weighted by molar-refractivity contribution is 5.85. The van der Waals surface area contributed by atoms with Crippen molar-refractivity contribution in [3.8, 4) is 5.75 Å². The number of esters is 1. The largest absolute Gasteiger partial charge is 0.484 e. The molecule has 1 aliphatic heterocycles. The van der Waals surface area contributed by atoms with E-state index in [0.29, 0.717) is 38.3 Å². The van der Waals surface area contributed by atoms with E-state index in [2.05, 4.69) is 6.07 Å². The van der Waals surface area contributed by atoms with Crippen molar-refractivity contribution in [1.29, 1.82) is 0 Å². The molecule has 0 N–H and O–H groups in total.